The van der Waals surface area contributed by atoms with Crippen LogP contribution >= 0.6 is 0 Å². The predicted molar refractivity (Wildman–Crippen MR) is 79.8 cm³/mol. The maximum Gasteiger partial charge on any atom is 0.0198 e. The van der Waals surface area contributed by atoms with Gasteiger partial charge < -0.3 is 16.0 Å². The topological polar surface area (TPSA) is 41.3 Å². The molecule has 18 heavy (non-hydrogen) atoms. The molecular weight excluding hydrogens is 222 g/mol. The Morgan fingerprint density at radius 3 is 2.56 bits per heavy atom. The van der Waals surface area contributed by atoms with Crippen molar-refractivity contribution in [3.63, 3.8) is 0 Å². The summed E-state index contributed by atoms with van der Waals surface area (Å²) in [5.41, 5.74) is 6.15. The minimum Gasteiger partial charge on any atom is -0.329 e. The van der Waals surface area contributed by atoms with Crippen molar-refractivity contribution in [3.05, 3.63) is 0 Å². The van der Waals surface area contributed by atoms with Crippen LogP contribution < -0.4 is 11.1 Å². The standard InChI is InChI=1S/C15H33N3/c1-5-7-17-14-9-13(10-15(2,3)4)11-18(12-14)8-6-16/h13-14,17H,5-12,16H2,1-4H3. The molecule has 2 unspecified atom stereocenters. The lowest BCUT2D eigenvalue weighted by molar-refractivity contribution is 0.116. The van der Waals surface area contributed by atoms with Crippen molar-refractivity contribution in [1.29, 1.82) is 0 Å². The van der Waals surface area contributed by atoms with E-state index < -0.39 is 0 Å². The third-order valence-electron chi connectivity index (χ3n) is 3.64. The Kier molecular flexibility index (Phi) is 6.61. The first kappa shape index (κ1) is 15.9. The van der Waals surface area contributed by atoms with Gasteiger partial charge in [-0.3, -0.25) is 0 Å². The van der Waals surface area contributed by atoms with E-state index in [1.165, 1.54) is 32.4 Å². The maximum atomic E-state index is 5.72. The number of nitrogens with two attached hydrogens (primary N) is 1. The van der Waals surface area contributed by atoms with Crippen LogP contribution in [0.25, 0.3) is 0 Å². The Bertz CT molecular complexity index is 222. The summed E-state index contributed by atoms with van der Waals surface area (Å²) < 4.78 is 0. The molecule has 0 amide bonds. The molecule has 108 valence electrons. The van der Waals surface area contributed by atoms with E-state index in [-0.39, 0.29) is 0 Å². The molecule has 3 heteroatoms. The average Bonchev–Trinajstić information content (AvgIpc) is 2.24. The van der Waals surface area contributed by atoms with Crippen LogP contribution in [0.3, 0.4) is 0 Å². The number of hydrogen-bond donors (Lipinski definition) is 2. The second-order valence-corrected chi connectivity index (χ2v) is 7.07. The van der Waals surface area contributed by atoms with Crippen molar-refractivity contribution in [2.45, 2.75) is 53.0 Å². The molecule has 3 N–H and O–H groups in total. The molecule has 1 rings (SSSR count). The van der Waals surface area contributed by atoms with Gasteiger partial charge in [-0.1, -0.05) is 27.7 Å². The fourth-order valence-electron chi connectivity index (χ4n) is 3.18. The highest BCUT2D eigenvalue weighted by Gasteiger charge is 2.29. The van der Waals surface area contributed by atoms with Gasteiger partial charge >= 0.3 is 0 Å². The molecule has 0 aromatic carbocycles. The van der Waals surface area contributed by atoms with E-state index in [0.717, 1.165) is 25.6 Å². The Balaban J connectivity index is 2.50. The van der Waals surface area contributed by atoms with Gasteiger partial charge in [0, 0.05) is 32.2 Å². The average molecular weight is 255 g/mol. The highest BCUT2D eigenvalue weighted by atomic mass is 15.2. The summed E-state index contributed by atoms with van der Waals surface area (Å²) in [7, 11) is 0. The molecule has 0 radical (unpaired) electrons. The van der Waals surface area contributed by atoms with E-state index in [2.05, 4.69) is 37.9 Å². The molecule has 0 spiro atoms. The second-order valence-electron chi connectivity index (χ2n) is 7.07. The van der Waals surface area contributed by atoms with Crippen LogP contribution in [0.5, 0.6) is 0 Å². The molecule has 0 aromatic rings. The van der Waals surface area contributed by atoms with Crippen molar-refractivity contribution in [2.75, 3.05) is 32.7 Å². The third kappa shape index (κ3) is 6.17. The van der Waals surface area contributed by atoms with Crippen LogP contribution in [-0.4, -0.2) is 43.7 Å². The maximum absolute atomic E-state index is 5.72. The minimum absolute atomic E-state index is 0.436. The molecule has 0 aromatic heterocycles. The Morgan fingerprint density at radius 2 is 2.00 bits per heavy atom. The van der Waals surface area contributed by atoms with Gasteiger partial charge in [0.25, 0.3) is 0 Å². The quantitative estimate of drug-likeness (QED) is 0.763. The summed E-state index contributed by atoms with van der Waals surface area (Å²) in [6.07, 6.45) is 3.87. The molecule has 1 saturated heterocycles. The van der Waals surface area contributed by atoms with Crippen molar-refractivity contribution in [2.24, 2.45) is 17.1 Å². The normalized spacial score (nSPS) is 26.5. The van der Waals surface area contributed by atoms with Gasteiger partial charge in [0.05, 0.1) is 0 Å². The minimum atomic E-state index is 0.436. The summed E-state index contributed by atoms with van der Waals surface area (Å²) >= 11 is 0. The molecule has 2 atom stereocenters. The van der Waals surface area contributed by atoms with Crippen LogP contribution in [0.2, 0.25) is 0 Å². The van der Waals surface area contributed by atoms with Gasteiger partial charge in [-0.05, 0) is 37.1 Å². The third-order valence-corrected chi connectivity index (χ3v) is 3.64. The van der Waals surface area contributed by atoms with Crippen LogP contribution in [0.15, 0.2) is 0 Å². The Morgan fingerprint density at radius 1 is 1.28 bits per heavy atom. The van der Waals surface area contributed by atoms with E-state index >= 15 is 0 Å². The number of nitrogens with zero attached hydrogens (tertiary/aromatic N) is 1. The van der Waals surface area contributed by atoms with E-state index in [1.807, 2.05) is 0 Å². The highest BCUT2D eigenvalue weighted by Crippen LogP contribution is 2.30. The van der Waals surface area contributed by atoms with E-state index in [9.17, 15) is 0 Å². The summed E-state index contributed by atoms with van der Waals surface area (Å²) in [6.45, 7) is 14.7. The van der Waals surface area contributed by atoms with E-state index in [1.54, 1.807) is 0 Å². The monoisotopic (exact) mass is 255 g/mol. The largest absolute Gasteiger partial charge is 0.329 e. The SMILES string of the molecule is CCCNC1CC(CC(C)(C)C)CN(CCN)C1. The van der Waals surface area contributed by atoms with Gasteiger partial charge in [-0.2, -0.15) is 0 Å². The lowest BCUT2D eigenvalue weighted by atomic mass is 9.80. The molecule has 0 aliphatic carbocycles. The number of piperidine rings is 1. The van der Waals surface area contributed by atoms with Gasteiger partial charge in [0.2, 0.25) is 0 Å². The summed E-state index contributed by atoms with van der Waals surface area (Å²) in [6, 6.07) is 0.664. The second kappa shape index (κ2) is 7.46. The van der Waals surface area contributed by atoms with Crippen LogP contribution in [0.1, 0.15) is 47.0 Å². The van der Waals surface area contributed by atoms with E-state index in [0.29, 0.717) is 11.5 Å². The number of rotatable bonds is 6. The molecule has 0 saturated carbocycles. The first-order chi connectivity index (χ1) is 8.44. The van der Waals surface area contributed by atoms with Gasteiger partial charge in [-0.15, -0.1) is 0 Å². The zero-order valence-corrected chi connectivity index (χ0v) is 12.8. The van der Waals surface area contributed by atoms with Crippen LogP contribution in [0.4, 0.5) is 0 Å². The molecule has 1 fully saturated rings. The van der Waals surface area contributed by atoms with Crippen molar-refractivity contribution in [1.82, 2.24) is 10.2 Å². The summed E-state index contributed by atoms with van der Waals surface area (Å²) in [5, 5.41) is 3.69. The fourth-order valence-corrected chi connectivity index (χ4v) is 3.18. The van der Waals surface area contributed by atoms with Gasteiger partial charge in [0.15, 0.2) is 0 Å². The predicted octanol–water partition coefficient (Wildman–Crippen LogP) is 2.07. The van der Waals surface area contributed by atoms with Gasteiger partial charge in [-0.25, -0.2) is 0 Å². The first-order valence-electron chi connectivity index (χ1n) is 7.60. The smallest absolute Gasteiger partial charge is 0.0198 e. The van der Waals surface area contributed by atoms with Crippen LogP contribution in [-0.2, 0) is 0 Å². The molecule has 0 bridgehead atoms. The molecule has 1 aliphatic heterocycles. The zero-order chi connectivity index (χ0) is 13.6. The fraction of sp³-hybridized carbons (Fsp3) is 1.00. The first-order valence-corrected chi connectivity index (χ1v) is 7.60. The number of nitrogens with one attached hydrogen (secondary N) is 1. The Labute approximate surface area is 113 Å². The summed E-state index contributed by atoms with van der Waals surface area (Å²) in [5.74, 6) is 0.819. The number of likely N-dealkylation sites (tertiary alicyclic amines) is 1. The molecule has 3 nitrogen and oxygen atoms in total. The highest BCUT2D eigenvalue weighted by molar-refractivity contribution is 4.85. The van der Waals surface area contributed by atoms with Crippen molar-refractivity contribution >= 4 is 0 Å². The molecular formula is C15H33N3. The van der Waals surface area contributed by atoms with Crippen molar-refractivity contribution < 1.29 is 0 Å². The van der Waals surface area contributed by atoms with E-state index in [4.69, 9.17) is 5.73 Å². The number of hydrogen-bond acceptors (Lipinski definition) is 3. The van der Waals surface area contributed by atoms with Crippen molar-refractivity contribution in [3.8, 4) is 0 Å². The Hall–Kier alpha value is -0.120. The lowest BCUT2D eigenvalue weighted by Gasteiger charge is -2.40. The molecule has 1 heterocycles. The lowest BCUT2D eigenvalue weighted by Crippen LogP contribution is -2.51. The summed E-state index contributed by atoms with van der Waals surface area (Å²) in [4.78, 5) is 2.55. The van der Waals surface area contributed by atoms with Crippen LogP contribution in [0, 0.1) is 11.3 Å². The molecule has 1 aliphatic rings. The van der Waals surface area contributed by atoms with Gasteiger partial charge in [0.1, 0.15) is 0 Å². The zero-order valence-electron chi connectivity index (χ0n) is 12.8.